The van der Waals surface area contributed by atoms with Gasteiger partial charge in [0.05, 0.1) is 12.5 Å². The normalized spacial score (nSPS) is 22.8. The molecule has 4 heterocycles. The Morgan fingerprint density at radius 2 is 2.16 bits per heavy atom. The number of amides is 1. The highest BCUT2D eigenvalue weighted by Crippen LogP contribution is 2.29. The van der Waals surface area contributed by atoms with E-state index in [2.05, 4.69) is 21.8 Å². The second kappa shape index (κ2) is 6.35. The molecule has 25 heavy (non-hydrogen) atoms. The zero-order valence-electron chi connectivity index (χ0n) is 14.3. The molecule has 0 spiro atoms. The smallest absolute Gasteiger partial charge is 0.253 e. The maximum atomic E-state index is 13.1. The highest BCUT2D eigenvalue weighted by atomic mass is 16.2. The summed E-state index contributed by atoms with van der Waals surface area (Å²) in [5, 5.41) is 0. The second-order valence-corrected chi connectivity index (χ2v) is 7.00. The van der Waals surface area contributed by atoms with Crippen molar-refractivity contribution in [3.05, 3.63) is 58.1 Å². The molecule has 2 aromatic heterocycles. The zero-order valence-corrected chi connectivity index (χ0v) is 14.3. The van der Waals surface area contributed by atoms with Gasteiger partial charge >= 0.3 is 0 Å². The number of carbonyl (C=O) groups excluding carboxylic acids is 1. The molecular formula is C19H22N4O2. The molecule has 2 atom stereocenters. The summed E-state index contributed by atoms with van der Waals surface area (Å²) in [6.45, 7) is 4.74. The average molecular weight is 338 g/mol. The summed E-state index contributed by atoms with van der Waals surface area (Å²) in [6.07, 6.45) is 4.21. The fourth-order valence-electron chi connectivity index (χ4n) is 3.92. The molecule has 2 aromatic rings. The number of aromatic nitrogens is 2. The minimum atomic E-state index is -0.0791. The topological polar surface area (TPSA) is 69.3 Å². The van der Waals surface area contributed by atoms with Crippen LogP contribution in [-0.4, -0.2) is 40.4 Å². The lowest BCUT2D eigenvalue weighted by atomic mass is 9.94. The van der Waals surface area contributed by atoms with Crippen molar-refractivity contribution >= 4 is 11.7 Å². The van der Waals surface area contributed by atoms with Crippen molar-refractivity contribution in [1.82, 2.24) is 14.9 Å². The van der Waals surface area contributed by atoms with Crippen LogP contribution in [0.2, 0.25) is 0 Å². The summed E-state index contributed by atoms with van der Waals surface area (Å²) in [5.41, 5.74) is 1.71. The lowest BCUT2D eigenvalue weighted by molar-refractivity contribution is -0.136. The van der Waals surface area contributed by atoms with Crippen molar-refractivity contribution in [3.8, 4) is 0 Å². The van der Waals surface area contributed by atoms with Crippen molar-refractivity contribution in [2.24, 2.45) is 11.8 Å². The van der Waals surface area contributed by atoms with Crippen LogP contribution in [0, 0.1) is 11.8 Å². The molecule has 0 unspecified atom stereocenters. The summed E-state index contributed by atoms with van der Waals surface area (Å²) in [4.78, 5) is 36.3. The predicted molar refractivity (Wildman–Crippen MR) is 95.3 cm³/mol. The molecule has 0 radical (unpaired) electrons. The third kappa shape index (κ3) is 2.92. The van der Waals surface area contributed by atoms with Crippen LogP contribution in [0.1, 0.15) is 18.1 Å². The molecular weight excluding hydrogens is 316 g/mol. The average Bonchev–Trinajstić information content (AvgIpc) is 3.04. The minimum Gasteiger partial charge on any atom is -0.356 e. The molecule has 1 amide bonds. The molecule has 6 nitrogen and oxygen atoms in total. The molecule has 1 fully saturated rings. The van der Waals surface area contributed by atoms with Gasteiger partial charge in [0.2, 0.25) is 5.91 Å². The van der Waals surface area contributed by atoms with Gasteiger partial charge in [-0.15, -0.1) is 0 Å². The largest absolute Gasteiger partial charge is 0.356 e. The molecule has 0 saturated carbocycles. The van der Waals surface area contributed by atoms with E-state index in [9.17, 15) is 9.59 Å². The fraction of sp³-hybridized carbons (Fsp3) is 0.421. The third-order valence-corrected chi connectivity index (χ3v) is 5.38. The number of nitrogens with one attached hydrogen (secondary N) is 1. The summed E-state index contributed by atoms with van der Waals surface area (Å²) >= 11 is 0. The van der Waals surface area contributed by atoms with Crippen molar-refractivity contribution in [2.45, 2.75) is 19.9 Å². The number of nitrogens with zero attached hydrogens (tertiary/aromatic N) is 3. The standard InChI is InChI=1S/C19H22N4O2/c1-13-10-23(17-4-2-3-7-20-17)11-15(13)19(25)22-9-6-14-5-8-21-18(24)16(14)12-22/h2-5,7-8,13,15H,6,9-12H2,1H3,(H,21,24)/t13-,15-/m1/s1. The number of fused-ring (bicyclic) bond motifs is 1. The van der Waals surface area contributed by atoms with Crippen molar-refractivity contribution in [3.63, 3.8) is 0 Å². The molecule has 0 aliphatic carbocycles. The number of rotatable bonds is 2. The van der Waals surface area contributed by atoms with Gasteiger partial charge in [-0.1, -0.05) is 13.0 Å². The van der Waals surface area contributed by atoms with Gasteiger partial charge in [-0.2, -0.15) is 0 Å². The molecule has 1 N–H and O–H groups in total. The Morgan fingerprint density at radius 3 is 2.96 bits per heavy atom. The highest BCUT2D eigenvalue weighted by Gasteiger charge is 2.38. The number of hydrogen-bond donors (Lipinski definition) is 1. The van der Waals surface area contributed by atoms with Crippen LogP contribution in [0.3, 0.4) is 0 Å². The van der Waals surface area contributed by atoms with Crippen molar-refractivity contribution in [1.29, 1.82) is 0 Å². The Bertz CT molecular complexity index is 833. The first-order valence-corrected chi connectivity index (χ1v) is 8.77. The zero-order chi connectivity index (χ0) is 17.4. The maximum Gasteiger partial charge on any atom is 0.253 e. The lowest BCUT2D eigenvalue weighted by Gasteiger charge is -2.31. The van der Waals surface area contributed by atoms with E-state index >= 15 is 0 Å². The highest BCUT2D eigenvalue weighted by molar-refractivity contribution is 5.81. The first kappa shape index (κ1) is 15.9. The van der Waals surface area contributed by atoms with Crippen LogP contribution in [0.5, 0.6) is 0 Å². The Morgan fingerprint density at radius 1 is 1.28 bits per heavy atom. The first-order valence-electron chi connectivity index (χ1n) is 8.77. The van der Waals surface area contributed by atoms with Gasteiger partial charge in [0, 0.05) is 37.6 Å². The van der Waals surface area contributed by atoms with Gasteiger partial charge in [-0.25, -0.2) is 4.98 Å². The van der Waals surface area contributed by atoms with Crippen LogP contribution in [0.4, 0.5) is 5.82 Å². The quantitative estimate of drug-likeness (QED) is 0.899. The van der Waals surface area contributed by atoms with Crippen LogP contribution in [0.15, 0.2) is 41.5 Å². The van der Waals surface area contributed by atoms with E-state index < -0.39 is 0 Å². The SMILES string of the molecule is C[C@@H]1CN(c2ccccn2)C[C@H]1C(=O)N1CCc2cc[nH]c(=O)c2C1. The maximum absolute atomic E-state index is 13.1. The molecule has 2 aliphatic heterocycles. The summed E-state index contributed by atoms with van der Waals surface area (Å²) in [5.74, 6) is 1.29. The molecule has 130 valence electrons. The number of anilines is 1. The fourth-order valence-corrected chi connectivity index (χ4v) is 3.92. The summed E-state index contributed by atoms with van der Waals surface area (Å²) < 4.78 is 0. The van der Waals surface area contributed by atoms with Gasteiger partial charge in [0.15, 0.2) is 0 Å². The number of aromatic amines is 1. The number of pyridine rings is 2. The molecule has 0 aromatic carbocycles. The first-order chi connectivity index (χ1) is 12.1. The third-order valence-electron chi connectivity index (χ3n) is 5.38. The second-order valence-electron chi connectivity index (χ2n) is 7.00. The van der Waals surface area contributed by atoms with Crippen molar-refractivity contribution in [2.75, 3.05) is 24.5 Å². The number of hydrogen-bond acceptors (Lipinski definition) is 4. The molecule has 2 aliphatic rings. The number of carbonyl (C=O) groups is 1. The van der Waals surface area contributed by atoms with E-state index in [4.69, 9.17) is 0 Å². The van der Waals surface area contributed by atoms with E-state index in [1.165, 1.54) is 0 Å². The predicted octanol–water partition coefficient (Wildman–Crippen LogP) is 1.43. The Labute approximate surface area is 146 Å². The molecule has 0 bridgehead atoms. The van der Waals surface area contributed by atoms with Crippen molar-refractivity contribution < 1.29 is 4.79 Å². The van der Waals surface area contributed by atoms with Gasteiger partial charge in [-0.3, -0.25) is 9.59 Å². The minimum absolute atomic E-state index is 0.0497. The van der Waals surface area contributed by atoms with Crippen LogP contribution < -0.4 is 10.5 Å². The van der Waals surface area contributed by atoms with E-state index in [-0.39, 0.29) is 23.3 Å². The van der Waals surface area contributed by atoms with Gasteiger partial charge in [0.25, 0.3) is 5.56 Å². The molecule has 6 heteroatoms. The lowest BCUT2D eigenvalue weighted by Crippen LogP contribution is -2.43. The molecule has 1 saturated heterocycles. The number of H-pyrrole nitrogens is 1. The van der Waals surface area contributed by atoms with Crippen LogP contribution >= 0.6 is 0 Å². The Hall–Kier alpha value is -2.63. The van der Waals surface area contributed by atoms with E-state index in [1.54, 1.807) is 12.4 Å². The van der Waals surface area contributed by atoms with Gasteiger partial charge in [0.1, 0.15) is 5.82 Å². The summed E-state index contributed by atoms with van der Waals surface area (Å²) in [6, 6.07) is 7.79. The Balaban J connectivity index is 1.50. The van der Waals surface area contributed by atoms with Crippen LogP contribution in [0.25, 0.3) is 0 Å². The summed E-state index contributed by atoms with van der Waals surface area (Å²) in [7, 11) is 0. The van der Waals surface area contributed by atoms with Crippen LogP contribution in [-0.2, 0) is 17.8 Å². The van der Waals surface area contributed by atoms with E-state index in [0.717, 1.165) is 29.9 Å². The van der Waals surface area contributed by atoms with E-state index in [1.807, 2.05) is 29.2 Å². The van der Waals surface area contributed by atoms with Gasteiger partial charge in [-0.05, 0) is 36.1 Å². The monoisotopic (exact) mass is 338 g/mol. The van der Waals surface area contributed by atoms with Gasteiger partial charge < -0.3 is 14.8 Å². The van der Waals surface area contributed by atoms with E-state index in [0.29, 0.717) is 19.6 Å². The molecule has 4 rings (SSSR count). The Kier molecular flexibility index (Phi) is 4.03.